The van der Waals surface area contributed by atoms with Crippen LogP contribution in [0.2, 0.25) is 0 Å². The Balaban J connectivity index is 1.59. The second-order valence-electron chi connectivity index (χ2n) is 6.31. The van der Waals surface area contributed by atoms with Gasteiger partial charge in [0.05, 0.1) is 29.8 Å². The Morgan fingerprint density at radius 1 is 1.07 bits per heavy atom. The number of hydrogen-bond acceptors (Lipinski definition) is 5. The number of carbonyl (C=O) groups excluding carboxylic acids is 1. The first kappa shape index (κ1) is 20.1. The molecule has 1 amide bonds. The number of carbonyl (C=O) groups is 1. The van der Waals surface area contributed by atoms with Crippen molar-refractivity contribution in [2.75, 3.05) is 19.8 Å². The van der Waals surface area contributed by atoms with Crippen LogP contribution in [0.5, 0.6) is 11.5 Å². The molecule has 0 aliphatic heterocycles. The molecular weight excluding hydrogens is 372 g/mol. The number of non-ortho nitro benzene ring substituents is 1. The third kappa shape index (κ3) is 5.01. The minimum Gasteiger partial charge on any atom is -0.493 e. The first-order valence-corrected chi connectivity index (χ1v) is 9.40. The van der Waals surface area contributed by atoms with Crippen molar-refractivity contribution in [3.63, 3.8) is 0 Å². The van der Waals surface area contributed by atoms with Gasteiger partial charge in [0.25, 0.3) is 11.6 Å². The maximum atomic E-state index is 12.8. The van der Waals surface area contributed by atoms with Gasteiger partial charge in [-0.1, -0.05) is 36.4 Å². The summed E-state index contributed by atoms with van der Waals surface area (Å²) < 4.78 is 11.2. The predicted molar refractivity (Wildman–Crippen MR) is 111 cm³/mol. The molecule has 0 aliphatic rings. The Bertz CT molecular complexity index is 1020. The molecule has 0 heterocycles. The van der Waals surface area contributed by atoms with Crippen LogP contribution in [0.4, 0.5) is 5.69 Å². The fourth-order valence-electron chi connectivity index (χ4n) is 3.00. The van der Waals surface area contributed by atoms with Crippen LogP contribution in [0.15, 0.2) is 60.7 Å². The number of ether oxygens (including phenoxy) is 2. The van der Waals surface area contributed by atoms with E-state index in [4.69, 9.17) is 9.47 Å². The van der Waals surface area contributed by atoms with Crippen molar-refractivity contribution in [2.24, 2.45) is 0 Å². The van der Waals surface area contributed by atoms with Crippen molar-refractivity contribution in [3.05, 3.63) is 76.3 Å². The molecule has 0 aliphatic carbocycles. The maximum absolute atomic E-state index is 12.8. The molecule has 0 aromatic heterocycles. The van der Waals surface area contributed by atoms with Crippen molar-refractivity contribution >= 4 is 22.4 Å². The normalized spacial score (nSPS) is 10.5. The number of nitrogens with one attached hydrogen (secondary N) is 1. The summed E-state index contributed by atoms with van der Waals surface area (Å²) in [4.78, 5) is 23.1. The van der Waals surface area contributed by atoms with E-state index in [-0.39, 0.29) is 11.6 Å². The van der Waals surface area contributed by atoms with Gasteiger partial charge in [-0.05, 0) is 36.2 Å². The van der Waals surface area contributed by atoms with Crippen LogP contribution in [0.1, 0.15) is 23.7 Å². The van der Waals surface area contributed by atoms with Gasteiger partial charge in [0, 0.05) is 12.6 Å². The molecule has 0 unspecified atom stereocenters. The topological polar surface area (TPSA) is 90.7 Å². The monoisotopic (exact) mass is 394 g/mol. The highest BCUT2D eigenvalue weighted by Gasteiger charge is 2.16. The zero-order valence-electron chi connectivity index (χ0n) is 16.1. The number of nitro groups is 1. The van der Waals surface area contributed by atoms with E-state index in [0.717, 1.165) is 10.8 Å². The molecular formula is C22H22N2O5. The lowest BCUT2D eigenvalue weighted by Crippen LogP contribution is -2.26. The van der Waals surface area contributed by atoms with Crippen molar-refractivity contribution < 1.29 is 19.2 Å². The summed E-state index contributed by atoms with van der Waals surface area (Å²) in [6.07, 6.45) is 0.559. The molecule has 0 fully saturated rings. The summed E-state index contributed by atoms with van der Waals surface area (Å²) in [6, 6.07) is 17.4. The van der Waals surface area contributed by atoms with Crippen LogP contribution in [0.25, 0.3) is 10.8 Å². The number of nitro benzene ring substituents is 1. The molecule has 0 spiro atoms. The van der Waals surface area contributed by atoms with Gasteiger partial charge in [0.15, 0.2) is 0 Å². The molecule has 29 heavy (non-hydrogen) atoms. The summed E-state index contributed by atoms with van der Waals surface area (Å²) in [5.41, 5.74) is 0.500. The summed E-state index contributed by atoms with van der Waals surface area (Å²) >= 11 is 0. The van der Waals surface area contributed by atoms with E-state index in [0.29, 0.717) is 43.2 Å². The number of fused-ring (bicyclic) bond motifs is 1. The van der Waals surface area contributed by atoms with Crippen molar-refractivity contribution in [1.82, 2.24) is 5.32 Å². The predicted octanol–water partition coefficient (Wildman–Crippen LogP) is 4.35. The fraction of sp³-hybridized carbons (Fsp3) is 0.227. The number of hydrogen-bond donors (Lipinski definition) is 1. The van der Waals surface area contributed by atoms with Crippen LogP contribution in [-0.4, -0.2) is 30.6 Å². The van der Waals surface area contributed by atoms with Gasteiger partial charge in [-0.2, -0.15) is 0 Å². The van der Waals surface area contributed by atoms with E-state index >= 15 is 0 Å². The average molecular weight is 394 g/mol. The summed E-state index contributed by atoms with van der Waals surface area (Å²) in [6.45, 7) is 3.08. The smallest absolute Gasteiger partial charge is 0.273 e. The molecule has 3 rings (SSSR count). The van der Waals surface area contributed by atoms with Gasteiger partial charge < -0.3 is 14.8 Å². The molecule has 1 N–H and O–H groups in total. The molecule has 3 aromatic rings. The van der Waals surface area contributed by atoms with Crippen LogP contribution < -0.4 is 14.8 Å². The number of rotatable bonds is 9. The maximum Gasteiger partial charge on any atom is 0.273 e. The number of benzene rings is 3. The van der Waals surface area contributed by atoms with Crippen LogP contribution in [0, 0.1) is 10.1 Å². The molecule has 0 saturated carbocycles. The van der Waals surface area contributed by atoms with Gasteiger partial charge >= 0.3 is 0 Å². The lowest BCUT2D eigenvalue weighted by atomic mass is 10.0. The van der Waals surface area contributed by atoms with Gasteiger partial charge in [0.2, 0.25) is 0 Å². The lowest BCUT2D eigenvalue weighted by molar-refractivity contribution is -0.384. The van der Waals surface area contributed by atoms with E-state index in [1.165, 1.54) is 12.1 Å². The second-order valence-corrected chi connectivity index (χ2v) is 6.31. The second kappa shape index (κ2) is 9.54. The van der Waals surface area contributed by atoms with Crippen molar-refractivity contribution in [1.29, 1.82) is 0 Å². The van der Waals surface area contributed by atoms with Crippen LogP contribution >= 0.6 is 0 Å². The summed E-state index contributed by atoms with van der Waals surface area (Å²) in [5, 5.41) is 15.5. The largest absolute Gasteiger partial charge is 0.493 e. The Morgan fingerprint density at radius 2 is 1.90 bits per heavy atom. The summed E-state index contributed by atoms with van der Waals surface area (Å²) in [7, 11) is 0. The van der Waals surface area contributed by atoms with E-state index in [9.17, 15) is 14.9 Å². The van der Waals surface area contributed by atoms with Gasteiger partial charge in [-0.15, -0.1) is 0 Å². The highest BCUT2D eigenvalue weighted by Crippen LogP contribution is 2.28. The molecule has 0 atom stereocenters. The van der Waals surface area contributed by atoms with Crippen LogP contribution in [-0.2, 0) is 0 Å². The van der Waals surface area contributed by atoms with Crippen molar-refractivity contribution in [2.45, 2.75) is 13.3 Å². The molecule has 7 nitrogen and oxygen atoms in total. The average Bonchev–Trinajstić information content (AvgIpc) is 2.73. The Kier molecular flexibility index (Phi) is 6.63. The molecule has 0 radical (unpaired) electrons. The first-order valence-electron chi connectivity index (χ1n) is 9.40. The standard InChI is InChI=1S/C22H22N2O5/c1-2-28-20-12-11-16-7-3-4-10-19(16)21(20)22(25)23-13-6-14-29-18-9-5-8-17(15-18)24(26)27/h3-5,7-12,15H,2,6,13-14H2,1H3,(H,23,25). The van der Waals surface area contributed by atoms with E-state index < -0.39 is 4.92 Å². The third-order valence-corrected chi connectivity index (χ3v) is 4.32. The molecule has 0 bridgehead atoms. The minimum absolute atomic E-state index is 0.0183. The van der Waals surface area contributed by atoms with Gasteiger partial charge in [-0.3, -0.25) is 14.9 Å². The van der Waals surface area contributed by atoms with E-state index in [1.54, 1.807) is 12.1 Å². The highest BCUT2D eigenvalue weighted by molar-refractivity contribution is 6.09. The molecule has 3 aromatic carbocycles. The van der Waals surface area contributed by atoms with Gasteiger partial charge in [-0.25, -0.2) is 0 Å². The zero-order chi connectivity index (χ0) is 20.6. The fourth-order valence-corrected chi connectivity index (χ4v) is 3.00. The third-order valence-electron chi connectivity index (χ3n) is 4.32. The first-order chi connectivity index (χ1) is 14.1. The Morgan fingerprint density at radius 3 is 2.69 bits per heavy atom. The van der Waals surface area contributed by atoms with E-state index in [1.807, 2.05) is 43.3 Å². The Labute approximate surface area is 168 Å². The number of nitrogens with zero attached hydrogens (tertiary/aromatic N) is 1. The molecule has 150 valence electrons. The minimum atomic E-state index is -0.465. The zero-order valence-corrected chi connectivity index (χ0v) is 16.1. The van der Waals surface area contributed by atoms with Gasteiger partial charge in [0.1, 0.15) is 11.5 Å². The molecule has 7 heteroatoms. The Hall–Kier alpha value is -3.61. The highest BCUT2D eigenvalue weighted by atomic mass is 16.6. The van der Waals surface area contributed by atoms with E-state index in [2.05, 4.69) is 5.32 Å². The van der Waals surface area contributed by atoms with Crippen molar-refractivity contribution in [3.8, 4) is 11.5 Å². The SMILES string of the molecule is CCOc1ccc2ccccc2c1C(=O)NCCCOc1cccc([N+](=O)[O-])c1. The summed E-state index contributed by atoms with van der Waals surface area (Å²) in [5.74, 6) is 0.773. The lowest BCUT2D eigenvalue weighted by Gasteiger charge is -2.13. The quantitative estimate of drug-likeness (QED) is 0.331. The molecule has 0 saturated heterocycles. The van der Waals surface area contributed by atoms with Crippen LogP contribution in [0.3, 0.4) is 0 Å². The number of amides is 1.